The quantitative estimate of drug-likeness (QED) is 0.114. The molecule has 1 heterocycles. The zero-order chi connectivity index (χ0) is 55.8. The molecule has 1 aromatic heterocycles. The first-order chi connectivity index (χ1) is 41.6. The Balaban J connectivity index is 0.938. The van der Waals surface area contributed by atoms with Crippen molar-refractivity contribution >= 4 is 104 Å². The lowest BCUT2D eigenvalue weighted by molar-refractivity contribution is 1.22. The third-order valence-electron chi connectivity index (χ3n) is 16.2. The second kappa shape index (κ2) is 21.9. The summed E-state index contributed by atoms with van der Waals surface area (Å²) in [4.78, 5) is 7.22. The molecule has 4 heteroatoms. The van der Waals surface area contributed by atoms with Crippen molar-refractivity contribution < 1.29 is 0 Å². The summed E-state index contributed by atoms with van der Waals surface area (Å²) in [6.07, 6.45) is 0. The van der Waals surface area contributed by atoms with Gasteiger partial charge in [0.15, 0.2) is 0 Å². The molecule has 0 aliphatic carbocycles. The van der Waals surface area contributed by atoms with Gasteiger partial charge < -0.3 is 14.7 Å². The highest BCUT2D eigenvalue weighted by atomic mass is 32.1. The molecule has 14 aromatic carbocycles. The molecule has 0 unspecified atom stereocenters. The van der Waals surface area contributed by atoms with Crippen LogP contribution in [0, 0.1) is 0 Å². The number of fused-ring (bicyclic) bond motifs is 5. The molecular weight excluding hydrogens is 1030 g/mol. The summed E-state index contributed by atoms with van der Waals surface area (Å²) in [5, 5.41) is 7.51. The lowest BCUT2D eigenvalue weighted by atomic mass is 9.98. The van der Waals surface area contributed by atoms with Crippen LogP contribution in [0.25, 0.3) is 86.2 Å². The molecule has 0 spiro atoms. The van der Waals surface area contributed by atoms with Gasteiger partial charge in [-0.3, -0.25) is 0 Å². The fraction of sp³-hybridized carbons (Fsp3) is 0. The molecule has 0 N–H and O–H groups in total. The van der Waals surface area contributed by atoms with E-state index < -0.39 is 0 Å². The SMILES string of the molecule is c1ccc(-c2ccc(N(c3ccc(-c4cccc5c4sc4ccccc45)cc3)c3cc(N(c4ccccc4)c4ccc(-c5cccc6ccccc56)cc4)cc(N(c4ccccc4)c4ccc(-c5cccc6ccccc56)cc4)c3)cc2)cc1. The Morgan fingerprint density at radius 2 is 0.500 bits per heavy atom. The standard InChI is InChI=1S/C80H55N3S/c1-4-19-56(20-5-1)57-37-45-65(46-38-57)83(68-51-43-62(44-52-68)76-34-18-35-78-77-31-14-15-36-79(77)84-80(76)78)71-54-69(81(63-25-6-2-7-26-63)66-47-39-60(40-48-66)74-32-16-23-58-21-10-12-29-72(58)74)53-70(55-71)82(64-27-8-3-9-28-64)67-49-41-61(42-50-67)75-33-17-24-59-22-11-13-30-73(59)75/h1-55H. The first kappa shape index (κ1) is 50.2. The molecule has 0 saturated carbocycles. The monoisotopic (exact) mass is 1090 g/mol. The number of benzene rings is 14. The van der Waals surface area contributed by atoms with Crippen LogP contribution in [0.3, 0.4) is 0 Å². The molecule has 0 amide bonds. The van der Waals surface area contributed by atoms with Gasteiger partial charge in [-0.1, -0.05) is 237 Å². The average Bonchev–Trinajstić information content (AvgIpc) is 3.44. The van der Waals surface area contributed by atoms with Crippen LogP contribution in [0.4, 0.5) is 51.2 Å². The summed E-state index contributed by atoms with van der Waals surface area (Å²) in [5.74, 6) is 0. The van der Waals surface area contributed by atoms with Crippen molar-refractivity contribution in [3.8, 4) is 44.5 Å². The van der Waals surface area contributed by atoms with E-state index in [0.717, 1.165) is 67.9 Å². The Labute approximate surface area is 494 Å². The van der Waals surface area contributed by atoms with E-state index in [0.29, 0.717) is 0 Å². The van der Waals surface area contributed by atoms with Crippen LogP contribution in [-0.4, -0.2) is 0 Å². The second-order valence-corrected chi connectivity index (χ2v) is 22.3. The molecule has 3 nitrogen and oxygen atoms in total. The Kier molecular flexibility index (Phi) is 13.1. The van der Waals surface area contributed by atoms with Crippen molar-refractivity contribution in [2.24, 2.45) is 0 Å². The van der Waals surface area contributed by atoms with E-state index in [4.69, 9.17) is 0 Å². The van der Waals surface area contributed by atoms with Gasteiger partial charge in [-0.15, -0.1) is 11.3 Å². The van der Waals surface area contributed by atoms with Gasteiger partial charge in [-0.2, -0.15) is 0 Å². The van der Waals surface area contributed by atoms with Crippen molar-refractivity contribution in [3.63, 3.8) is 0 Å². The van der Waals surface area contributed by atoms with Gasteiger partial charge in [-0.25, -0.2) is 0 Å². The molecule has 0 radical (unpaired) electrons. The van der Waals surface area contributed by atoms with Crippen molar-refractivity contribution in [2.75, 3.05) is 14.7 Å². The molecule has 84 heavy (non-hydrogen) atoms. The number of thiophene rings is 1. The molecule has 0 aliphatic rings. The molecule has 0 atom stereocenters. The van der Waals surface area contributed by atoms with Crippen molar-refractivity contribution in [3.05, 3.63) is 334 Å². The lowest BCUT2D eigenvalue weighted by Gasteiger charge is -2.33. The summed E-state index contributed by atoms with van der Waals surface area (Å²) in [6, 6.07) is 122. The van der Waals surface area contributed by atoms with Gasteiger partial charge in [0, 0.05) is 54.3 Å². The number of nitrogens with zero attached hydrogens (tertiary/aromatic N) is 3. The molecule has 396 valence electrons. The Hall–Kier alpha value is -10.8. The van der Waals surface area contributed by atoms with Crippen LogP contribution in [-0.2, 0) is 0 Å². The Bertz CT molecular complexity index is 4610. The highest BCUT2D eigenvalue weighted by molar-refractivity contribution is 7.26. The van der Waals surface area contributed by atoms with E-state index in [-0.39, 0.29) is 0 Å². The molecule has 15 aromatic rings. The molecule has 15 rings (SSSR count). The van der Waals surface area contributed by atoms with Crippen LogP contribution in [0.5, 0.6) is 0 Å². The van der Waals surface area contributed by atoms with Gasteiger partial charge in [0.1, 0.15) is 0 Å². The van der Waals surface area contributed by atoms with Crippen molar-refractivity contribution in [1.82, 2.24) is 0 Å². The maximum absolute atomic E-state index is 2.42. The minimum Gasteiger partial charge on any atom is -0.310 e. The first-order valence-electron chi connectivity index (χ1n) is 28.6. The summed E-state index contributed by atoms with van der Waals surface area (Å²) in [5.41, 5.74) is 18.7. The fourth-order valence-electron chi connectivity index (χ4n) is 12.2. The zero-order valence-electron chi connectivity index (χ0n) is 46.0. The predicted molar refractivity (Wildman–Crippen MR) is 360 cm³/mol. The Morgan fingerprint density at radius 1 is 0.190 bits per heavy atom. The van der Waals surface area contributed by atoms with E-state index in [1.54, 1.807) is 0 Å². The smallest absolute Gasteiger partial charge is 0.0503 e. The Morgan fingerprint density at radius 3 is 0.964 bits per heavy atom. The van der Waals surface area contributed by atoms with Gasteiger partial charge in [-0.05, 0) is 163 Å². The maximum atomic E-state index is 2.42. The molecular formula is C80H55N3S. The summed E-state index contributed by atoms with van der Waals surface area (Å²) < 4.78 is 2.60. The zero-order valence-corrected chi connectivity index (χ0v) is 46.8. The number of hydrogen-bond acceptors (Lipinski definition) is 4. The third kappa shape index (κ3) is 9.50. The van der Waals surface area contributed by atoms with Crippen LogP contribution in [0.1, 0.15) is 0 Å². The van der Waals surface area contributed by atoms with Crippen molar-refractivity contribution in [1.29, 1.82) is 0 Å². The van der Waals surface area contributed by atoms with Crippen LogP contribution in [0.15, 0.2) is 334 Å². The van der Waals surface area contributed by atoms with Gasteiger partial charge in [0.25, 0.3) is 0 Å². The topological polar surface area (TPSA) is 9.72 Å². The predicted octanol–water partition coefficient (Wildman–Crippen LogP) is 23.4. The lowest BCUT2D eigenvalue weighted by Crippen LogP contribution is -2.16. The molecule has 0 bridgehead atoms. The third-order valence-corrected chi connectivity index (χ3v) is 17.4. The van der Waals surface area contributed by atoms with E-state index in [1.165, 1.54) is 69.5 Å². The molecule has 0 fully saturated rings. The number of hydrogen-bond donors (Lipinski definition) is 0. The highest BCUT2D eigenvalue weighted by Gasteiger charge is 2.24. The van der Waals surface area contributed by atoms with Crippen LogP contribution in [0.2, 0.25) is 0 Å². The molecule has 0 saturated heterocycles. The van der Waals surface area contributed by atoms with Gasteiger partial charge in [0.2, 0.25) is 0 Å². The fourth-order valence-corrected chi connectivity index (χ4v) is 13.4. The summed E-state index contributed by atoms with van der Waals surface area (Å²) in [6.45, 7) is 0. The summed E-state index contributed by atoms with van der Waals surface area (Å²) in [7, 11) is 0. The minimum atomic E-state index is 0.996. The van der Waals surface area contributed by atoms with E-state index in [9.17, 15) is 0 Å². The number of para-hydroxylation sites is 2. The number of anilines is 9. The summed E-state index contributed by atoms with van der Waals surface area (Å²) >= 11 is 1.87. The normalized spacial score (nSPS) is 11.3. The van der Waals surface area contributed by atoms with Crippen LogP contribution < -0.4 is 14.7 Å². The van der Waals surface area contributed by atoms with E-state index in [1.807, 2.05) is 11.3 Å². The van der Waals surface area contributed by atoms with Gasteiger partial charge >= 0.3 is 0 Å². The van der Waals surface area contributed by atoms with Gasteiger partial charge in [0.05, 0.1) is 17.1 Å². The van der Waals surface area contributed by atoms with Crippen molar-refractivity contribution in [2.45, 2.75) is 0 Å². The largest absolute Gasteiger partial charge is 0.310 e. The highest BCUT2D eigenvalue weighted by Crippen LogP contribution is 2.48. The van der Waals surface area contributed by atoms with E-state index >= 15 is 0 Å². The second-order valence-electron chi connectivity index (χ2n) is 21.3. The molecule has 0 aliphatic heterocycles. The maximum Gasteiger partial charge on any atom is 0.0503 e. The average molecular weight is 1090 g/mol. The number of rotatable bonds is 13. The minimum absolute atomic E-state index is 0.996. The first-order valence-corrected chi connectivity index (χ1v) is 29.5. The van der Waals surface area contributed by atoms with Crippen LogP contribution >= 0.6 is 11.3 Å². The van der Waals surface area contributed by atoms with E-state index in [2.05, 4.69) is 348 Å².